The predicted octanol–water partition coefficient (Wildman–Crippen LogP) is 2.19. The minimum atomic E-state index is -0.431. The molecular weight excluding hydrogens is 356 g/mol. The lowest BCUT2D eigenvalue weighted by atomic mass is 10.1. The molecule has 142 valence electrons. The molecule has 1 fully saturated rings. The van der Waals surface area contributed by atoms with E-state index in [0.29, 0.717) is 24.1 Å². The summed E-state index contributed by atoms with van der Waals surface area (Å²) < 4.78 is 0. The zero-order chi connectivity index (χ0) is 19.5. The second-order valence-corrected chi connectivity index (χ2v) is 6.66. The van der Waals surface area contributed by atoms with Gasteiger partial charge in [0.1, 0.15) is 0 Å². The highest BCUT2D eigenvalue weighted by molar-refractivity contribution is 6.02. The number of nitrogens with zero attached hydrogens (tertiary/aromatic N) is 1. The highest BCUT2D eigenvalue weighted by Crippen LogP contribution is 2.18. The Morgan fingerprint density at radius 1 is 1.04 bits per heavy atom. The summed E-state index contributed by atoms with van der Waals surface area (Å²) in [6.07, 6.45) is 2.66. The molecule has 1 saturated heterocycles. The number of amides is 4. The summed E-state index contributed by atoms with van der Waals surface area (Å²) in [7, 11) is 0. The lowest BCUT2D eigenvalue weighted by molar-refractivity contribution is -0.125. The molecule has 3 N–H and O–H groups in total. The summed E-state index contributed by atoms with van der Waals surface area (Å²) >= 11 is 0. The van der Waals surface area contributed by atoms with Gasteiger partial charge in [-0.25, -0.2) is 4.79 Å². The number of aromatic nitrogens is 1. The van der Waals surface area contributed by atoms with Crippen LogP contribution < -0.4 is 10.6 Å². The van der Waals surface area contributed by atoms with E-state index in [-0.39, 0.29) is 24.9 Å². The van der Waals surface area contributed by atoms with Crippen molar-refractivity contribution in [1.82, 2.24) is 20.5 Å². The molecule has 4 rings (SSSR count). The summed E-state index contributed by atoms with van der Waals surface area (Å²) in [5, 5.41) is 6.57. The molecular formula is C21H20N4O3. The van der Waals surface area contributed by atoms with E-state index < -0.39 is 6.03 Å². The van der Waals surface area contributed by atoms with Crippen LogP contribution in [0.25, 0.3) is 10.9 Å². The van der Waals surface area contributed by atoms with E-state index in [1.54, 1.807) is 24.3 Å². The predicted molar refractivity (Wildman–Crippen MR) is 105 cm³/mol. The summed E-state index contributed by atoms with van der Waals surface area (Å²) in [4.78, 5) is 40.6. The minimum Gasteiger partial charge on any atom is -0.361 e. The standard InChI is InChI=1S/C21H20N4O3/c26-19-12-24-21(28)25(19)13-15-5-1-2-7-17(15)20(27)22-10-9-14-11-23-18-8-4-3-6-16(14)18/h1-8,11,23H,9-10,12-13H2,(H,22,27)(H,24,28). The number of fused-ring (bicyclic) bond motifs is 1. The number of H-pyrrole nitrogens is 1. The van der Waals surface area contributed by atoms with Gasteiger partial charge >= 0.3 is 6.03 Å². The molecule has 1 aliphatic heterocycles. The second-order valence-electron chi connectivity index (χ2n) is 6.66. The van der Waals surface area contributed by atoms with Gasteiger partial charge in [-0.2, -0.15) is 0 Å². The number of hydrogen-bond donors (Lipinski definition) is 3. The van der Waals surface area contributed by atoms with E-state index in [1.807, 2.05) is 24.4 Å². The fraction of sp³-hybridized carbons (Fsp3) is 0.190. The van der Waals surface area contributed by atoms with Crippen LogP contribution in [0.4, 0.5) is 4.79 Å². The molecule has 0 unspecified atom stereocenters. The van der Waals surface area contributed by atoms with Crippen molar-refractivity contribution in [3.05, 3.63) is 71.4 Å². The number of urea groups is 1. The Labute approximate surface area is 161 Å². The van der Waals surface area contributed by atoms with Crippen LogP contribution in [0.3, 0.4) is 0 Å². The van der Waals surface area contributed by atoms with Gasteiger partial charge in [-0.15, -0.1) is 0 Å². The first-order valence-corrected chi connectivity index (χ1v) is 9.13. The Hall–Kier alpha value is -3.61. The van der Waals surface area contributed by atoms with Crippen molar-refractivity contribution in [2.24, 2.45) is 0 Å². The van der Waals surface area contributed by atoms with Crippen LogP contribution in [0, 0.1) is 0 Å². The van der Waals surface area contributed by atoms with Crippen LogP contribution >= 0.6 is 0 Å². The number of carbonyl (C=O) groups is 3. The average Bonchev–Trinajstić information content (AvgIpc) is 3.27. The molecule has 0 saturated carbocycles. The van der Waals surface area contributed by atoms with Gasteiger partial charge in [0, 0.05) is 29.2 Å². The molecule has 1 aliphatic rings. The zero-order valence-electron chi connectivity index (χ0n) is 15.2. The van der Waals surface area contributed by atoms with Crippen molar-refractivity contribution >= 4 is 28.7 Å². The number of para-hydroxylation sites is 1. The molecule has 28 heavy (non-hydrogen) atoms. The van der Waals surface area contributed by atoms with Crippen LogP contribution in [0.15, 0.2) is 54.7 Å². The van der Waals surface area contributed by atoms with Gasteiger partial charge in [0.05, 0.1) is 13.1 Å². The lowest BCUT2D eigenvalue weighted by Crippen LogP contribution is -2.32. The fourth-order valence-corrected chi connectivity index (χ4v) is 3.41. The molecule has 7 nitrogen and oxygen atoms in total. The van der Waals surface area contributed by atoms with Crippen molar-refractivity contribution in [2.75, 3.05) is 13.1 Å². The molecule has 0 atom stereocenters. The highest BCUT2D eigenvalue weighted by atomic mass is 16.2. The third kappa shape index (κ3) is 3.46. The summed E-state index contributed by atoms with van der Waals surface area (Å²) in [6, 6.07) is 14.6. The highest BCUT2D eigenvalue weighted by Gasteiger charge is 2.29. The van der Waals surface area contributed by atoms with E-state index in [1.165, 1.54) is 0 Å². The first-order chi connectivity index (χ1) is 13.6. The second kappa shape index (κ2) is 7.56. The van der Waals surface area contributed by atoms with Crippen molar-refractivity contribution in [3.63, 3.8) is 0 Å². The maximum atomic E-state index is 12.7. The van der Waals surface area contributed by atoms with E-state index in [9.17, 15) is 14.4 Å². The van der Waals surface area contributed by atoms with Gasteiger partial charge in [-0.1, -0.05) is 36.4 Å². The Kier molecular flexibility index (Phi) is 4.80. The Bertz CT molecular complexity index is 1040. The first kappa shape index (κ1) is 17.8. The topological polar surface area (TPSA) is 94.3 Å². The number of aromatic amines is 1. The third-order valence-electron chi connectivity index (χ3n) is 4.88. The number of benzene rings is 2. The van der Waals surface area contributed by atoms with Crippen molar-refractivity contribution in [3.8, 4) is 0 Å². The Morgan fingerprint density at radius 2 is 1.82 bits per heavy atom. The normalized spacial score (nSPS) is 13.8. The number of rotatable bonds is 6. The van der Waals surface area contributed by atoms with Crippen LogP contribution in [0.2, 0.25) is 0 Å². The molecule has 0 radical (unpaired) electrons. The largest absolute Gasteiger partial charge is 0.361 e. The third-order valence-corrected chi connectivity index (χ3v) is 4.88. The lowest BCUT2D eigenvalue weighted by Gasteiger charge is -2.15. The number of imide groups is 1. The average molecular weight is 376 g/mol. The Balaban J connectivity index is 1.42. The molecule has 1 aromatic heterocycles. The van der Waals surface area contributed by atoms with Crippen molar-refractivity contribution in [2.45, 2.75) is 13.0 Å². The smallest absolute Gasteiger partial charge is 0.324 e. The number of nitrogens with one attached hydrogen (secondary N) is 3. The van der Waals surface area contributed by atoms with Gasteiger partial charge in [0.25, 0.3) is 5.91 Å². The Morgan fingerprint density at radius 3 is 2.64 bits per heavy atom. The molecule has 2 heterocycles. The summed E-state index contributed by atoms with van der Waals surface area (Å²) in [6.45, 7) is 0.562. The molecule has 0 spiro atoms. The fourth-order valence-electron chi connectivity index (χ4n) is 3.41. The van der Waals surface area contributed by atoms with Crippen LogP contribution in [-0.4, -0.2) is 40.8 Å². The summed E-state index contributed by atoms with van der Waals surface area (Å²) in [5.74, 6) is -0.512. The maximum Gasteiger partial charge on any atom is 0.324 e. The number of carbonyl (C=O) groups excluding carboxylic acids is 3. The first-order valence-electron chi connectivity index (χ1n) is 9.13. The van der Waals surface area contributed by atoms with Gasteiger partial charge in [-0.3, -0.25) is 14.5 Å². The molecule has 7 heteroatoms. The van der Waals surface area contributed by atoms with Crippen molar-refractivity contribution < 1.29 is 14.4 Å². The quantitative estimate of drug-likeness (QED) is 0.576. The SMILES string of the molecule is O=C(NCCc1c[nH]c2ccccc12)c1ccccc1CN1C(=O)CNC1=O. The zero-order valence-corrected chi connectivity index (χ0v) is 15.2. The molecule has 2 aromatic carbocycles. The van der Waals surface area contributed by atoms with Crippen LogP contribution in [0.1, 0.15) is 21.5 Å². The van der Waals surface area contributed by atoms with E-state index in [4.69, 9.17) is 0 Å². The van der Waals surface area contributed by atoms with Crippen LogP contribution in [0.5, 0.6) is 0 Å². The van der Waals surface area contributed by atoms with Gasteiger partial charge < -0.3 is 15.6 Å². The van der Waals surface area contributed by atoms with Crippen molar-refractivity contribution in [1.29, 1.82) is 0 Å². The van der Waals surface area contributed by atoms with Gasteiger partial charge in [0.2, 0.25) is 5.91 Å². The monoisotopic (exact) mass is 376 g/mol. The molecule has 0 bridgehead atoms. The van der Waals surface area contributed by atoms with Gasteiger partial charge in [0.15, 0.2) is 0 Å². The minimum absolute atomic E-state index is 0.00216. The van der Waals surface area contributed by atoms with E-state index >= 15 is 0 Å². The van der Waals surface area contributed by atoms with Crippen LogP contribution in [-0.2, 0) is 17.8 Å². The molecule has 3 aromatic rings. The van der Waals surface area contributed by atoms with E-state index in [0.717, 1.165) is 21.4 Å². The molecule has 4 amide bonds. The van der Waals surface area contributed by atoms with E-state index in [2.05, 4.69) is 21.7 Å². The maximum absolute atomic E-state index is 12.7. The summed E-state index contributed by atoms with van der Waals surface area (Å²) in [5.41, 5.74) is 3.32. The molecule has 0 aliphatic carbocycles. The number of hydrogen-bond acceptors (Lipinski definition) is 3. The van der Waals surface area contributed by atoms with Gasteiger partial charge in [-0.05, 0) is 29.7 Å².